The van der Waals surface area contributed by atoms with E-state index in [0.29, 0.717) is 16.7 Å². The summed E-state index contributed by atoms with van der Waals surface area (Å²) in [6.45, 7) is 8.81. The molecule has 1 aromatic carbocycles. The summed E-state index contributed by atoms with van der Waals surface area (Å²) in [6.07, 6.45) is -0.909. The summed E-state index contributed by atoms with van der Waals surface area (Å²) in [5.41, 5.74) is 0.324. The molecule has 0 aromatic heterocycles. The van der Waals surface area contributed by atoms with Gasteiger partial charge in [-0.15, -0.1) is 0 Å². The van der Waals surface area contributed by atoms with Crippen molar-refractivity contribution in [1.29, 1.82) is 0 Å². The Morgan fingerprint density at radius 2 is 2.04 bits per heavy atom. The van der Waals surface area contributed by atoms with E-state index >= 15 is 0 Å². The highest BCUT2D eigenvalue weighted by Gasteiger charge is 2.43. The fourth-order valence-electron chi connectivity index (χ4n) is 2.79. The zero-order valence-corrected chi connectivity index (χ0v) is 16.4. The van der Waals surface area contributed by atoms with Crippen molar-refractivity contribution in [3.63, 3.8) is 0 Å². The van der Waals surface area contributed by atoms with Crippen molar-refractivity contribution in [3.05, 3.63) is 23.8 Å². The Hall–Kier alpha value is -1.84. The molecule has 0 bridgehead atoms. The summed E-state index contributed by atoms with van der Waals surface area (Å²) in [4.78, 5) is 11.9. The maximum absolute atomic E-state index is 11.9. The van der Waals surface area contributed by atoms with Crippen molar-refractivity contribution >= 4 is 22.0 Å². The molecule has 0 saturated carbocycles. The first-order chi connectivity index (χ1) is 12.0. The van der Waals surface area contributed by atoms with Crippen LogP contribution in [0.5, 0.6) is 5.75 Å². The average Bonchev–Trinajstić information content (AvgIpc) is 2.74. The minimum Gasteiger partial charge on any atom is -0.464 e. The van der Waals surface area contributed by atoms with Gasteiger partial charge in [-0.05, 0) is 52.8 Å². The molecule has 8 nitrogen and oxygen atoms in total. The Labute approximate surface area is 153 Å². The van der Waals surface area contributed by atoms with Crippen LogP contribution in [0.15, 0.2) is 18.2 Å². The zero-order chi connectivity index (χ0) is 19.7. The molecular formula is C17H25NO7S. The SMILES string of the molecule is CCOC1Oc2ccc(N(CC(=O)OC(C)C)S(=O)(=O)O)cc2C1(C)C. The fourth-order valence-corrected chi connectivity index (χ4v) is 3.43. The van der Waals surface area contributed by atoms with E-state index in [1.165, 1.54) is 6.07 Å². The van der Waals surface area contributed by atoms with Gasteiger partial charge in [0, 0.05) is 12.2 Å². The topological polar surface area (TPSA) is 102 Å². The smallest absolute Gasteiger partial charge is 0.360 e. The van der Waals surface area contributed by atoms with Crippen LogP contribution in [0, 0.1) is 0 Å². The fraction of sp³-hybridized carbons (Fsp3) is 0.588. The molecular weight excluding hydrogens is 362 g/mol. The van der Waals surface area contributed by atoms with Crippen LogP contribution >= 0.6 is 0 Å². The second kappa shape index (κ2) is 7.42. The highest BCUT2D eigenvalue weighted by molar-refractivity contribution is 7.87. The van der Waals surface area contributed by atoms with E-state index in [9.17, 15) is 17.8 Å². The van der Waals surface area contributed by atoms with Gasteiger partial charge in [0.1, 0.15) is 12.3 Å². The van der Waals surface area contributed by atoms with Gasteiger partial charge in [0.25, 0.3) is 0 Å². The number of esters is 1. The lowest BCUT2D eigenvalue weighted by molar-refractivity contribution is -0.145. The number of hydrogen-bond donors (Lipinski definition) is 1. The number of fused-ring (bicyclic) bond motifs is 1. The Balaban J connectivity index is 2.38. The molecule has 9 heteroatoms. The molecule has 146 valence electrons. The van der Waals surface area contributed by atoms with E-state index in [1.54, 1.807) is 26.0 Å². The molecule has 0 fully saturated rings. The highest BCUT2D eigenvalue weighted by atomic mass is 32.2. The predicted octanol–water partition coefficient (Wildman–Crippen LogP) is 2.28. The second-order valence-electron chi connectivity index (χ2n) is 6.83. The first-order valence-electron chi connectivity index (χ1n) is 8.34. The Morgan fingerprint density at radius 3 is 2.58 bits per heavy atom. The molecule has 0 aliphatic carbocycles. The van der Waals surface area contributed by atoms with Crippen LogP contribution in [0.25, 0.3) is 0 Å². The molecule has 1 N–H and O–H groups in total. The van der Waals surface area contributed by atoms with E-state index in [-0.39, 0.29) is 5.69 Å². The van der Waals surface area contributed by atoms with Gasteiger partial charge >= 0.3 is 16.3 Å². The monoisotopic (exact) mass is 387 g/mol. The second-order valence-corrected chi connectivity index (χ2v) is 8.17. The van der Waals surface area contributed by atoms with E-state index in [2.05, 4.69) is 0 Å². The lowest BCUT2D eigenvalue weighted by Gasteiger charge is -2.26. The number of nitrogens with zero attached hydrogens (tertiary/aromatic N) is 1. The average molecular weight is 387 g/mol. The molecule has 1 aliphatic heterocycles. The lowest BCUT2D eigenvalue weighted by Crippen LogP contribution is -2.37. The molecule has 1 heterocycles. The molecule has 1 unspecified atom stereocenters. The van der Waals surface area contributed by atoms with Gasteiger partial charge in [-0.1, -0.05) is 0 Å². The molecule has 2 rings (SSSR count). The molecule has 26 heavy (non-hydrogen) atoms. The minimum absolute atomic E-state index is 0.140. The number of ether oxygens (including phenoxy) is 3. The number of hydrogen-bond acceptors (Lipinski definition) is 6. The van der Waals surface area contributed by atoms with Gasteiger partial charge in [-0.25, -0.2) is 4.31 Å². The normalized spacial score (nSPS) is 18.3. The van der Waals surface area contributed by atoms with E-state index in [1.807, 2.05) is 20.8 Å². The van der Waals surface area contributed by atoms with Crippen LogP contribution < -0.4 is 9.04 Å². The third-order valence-corrected chi connectivity index (χ3v) is 4.90. The van der Waals surface area contributed by atoms with E-state index < -0.39 is 40.6 Å². The summed E-state index contributed by atoms with van der Waals surface area (Å²) < 4.78 is 50.1. The van der Waals surface area contributed by atoms with Crippen LogP contribution in [-0.2, 0) is 30.0 Å². The Morgan fingerprint density at radius 1 is 1.38 bits per heavy atom. The summed E-state index contributed by atoms with van der Waals surface area (Å²) in [5.74, 6) is -0.196. The highest BCUT2D eigenvalue weighted by Crippen LogP contribution is 2.44. The quantitative estimate of drug-likeness (QED) is 0.565. The van der Waals surface area contributed by atoms with Gasteiger partial charge in [0.05, 0.1) is 17.2 Å². The third-order valence-electron chi connectivity index (χ3n) is 4.00. The Kier molecular flexibility index (Phi) is 5.84. The van der Waals surface area contributed by atoms with Crippen molar-refractivity contribution in [1.82, 2.24) is 0 Å². The first-order valence-corrected chi connectivity index (χ1v) is 9.74. The van der Waals surface area contributed by atoms with Crippen molar-refractivity contribution in [3.8, 4) is 5.75 Å². The van der Waals surface area contributed by atoms with E-state index in [4.69, 9.17) is 14.2 Å². The molecule has 0 radical (unpaired) electrons. The van der Waals surface area contributed by atoms with Gasteiger partial charge < -0.3 is 14.2 Å². The number of anilines is 1. The largest absolute Gasteiger partial charge is 0.464 e. The number of carbonyl (C=O) groups is 1. The van der Waals surface area contributed by atoms with Crippen LogP contribution in [0.1, 0.15) is 40.2 Å². The summed E-state index contributed by atoms with van der Waals surface area (Å²) in [7, 11) is -4.67. The standard InChI is InChI=1S/C17H25NO7S/c1-6-23-16-17(4,5)13-9-12(7-8-14(13)25-16)18(26(20,21)22)10-15(19)24-11(2)3/h7-9,11,16H,6,10H2,1-5H3,(H,20,21,22). The zero-order valence-electron chi connectivity index (χ0n) is 15.6. The summed E-state index contributed by atoms with van der Waals surface area (Å²) >= 11 is 0. The molecule has 1 aliphatic rings. The molecule has 0 spiro atoms. The van der Waals surface area contributed by atoms with Crippen LogP contribution in [0.4, 0.5) is 5.69 Å². The lowest BCUT2D eigenvalue weighted by atomic mass is 9.85. The van der Waals surface area contributed by atoms with Gasteiger partial charge in [0.2, 0.25) is 6.29 Å². The van der Waals surface area contributed by atoms with Crippen molar-refractivity contribution in [2.75, 3.05) is 17.5 Å². The maximum atomic E-state index is 11.9. The van der Waals surface area contributed by atoms with Crippen LogP contribution in [-0.4, -0.2) is 44.5 Å². The van der Waals surface area contributed by atoms with Crippen LogP contribution in [0.2, 0.25) is 0 Å². The molecule has 0 saturated heterocycles. The van der Waals surface area contributed by atoms with Gasteiger partial charge in [-0.2, -0.15) is 8.42 Å². The molecule has 1 atom stereocenters. The minimum atomic E-state index is -4.67. The molecule has 1 aromatic rings. The number of rotatable bonds is 7. The summed E-state index contributed by atoms with van der Waals surface area (Å²) in [6, 6.07) is 4.63. The Bertz CT molecular complexity index is 773. The predicted molar refractivity (Wildman–Crippen MR) is 95.6 cm³/mol. The van der Waals surface area contributed by atoms with Crippen molar-refractivity contribution in [2.24, 2.45) is 0 Å². The first kappa shape index (κ1) is 20.5. The molecule has 0 amide bonds. The number of benzene rings is 1. The van der Waals surface area contributed by atoms with Crippen LogP contribution in [0.3, 0.4) is 0 Å². The van der Waals surface area contributed by atoms with Crippen molar-refractivity contribution < 1.29 is 32.0 Å². The summed E-state index contributed by atoms with van der Waals surface area (Å²) in [5, 5.41) is 0. The van der Waals surface area contributed by atoms with Crippen molar-refractivity contribution in [2.45, 2.75) is 52.4 Å². The third kappa shape index (κ3) is 4.28. The number of carbonyl (C=O) groups excluding carboxylic acids is 1. The van der Waals surface area contributed by atoms with Gasteiger partial charge in [0.15, 0.2) is 0 Å². The maximum Gasteiger partial charge on any atom is 0.360 e. The van der Waals surface area contributed by atoms with Gasteiger partial charge in [-0.3, -0.25) is 9.35 Å². The van der Waals surface area contributed by atoms with E-state index in [0.717, 1.165) is 5.56 Å².